The molecule has 1 saturated carbocycles. The molecule has 2 atom stereocenters. The van der Waals surface area contributed by atoms with E-state index < -0.39 is 28.9 Å². The molecule has 1 fully saturated rings. The van der Waals surface area contributed by atoms with Gasteiger partial charge < -0.3 is 9.84 Å². The predicted octanol–water partition coefficient (Wildman–Crippen LogP) is 2.79. The van der Waals surface area contributed by atoms with Crippen molar-refractivity contribution in [3.63, 3.8) is 0 Å². The molecule has 1 N–H and O–H groups in total. The summed E-state index contributed by atoms with van der Waals surface area (Å²) >= 11 is 0. The third-order valence-electron chi connectivity index (χ3n) is 4.38. The van der Waals surface area contributed by atoms with E-state index in [0.29, 0.717) is 17.3 Å². The lowest BCUT2D eigenvalue weighted by Crippen LogP contribution is -2.25. The first-order valence-electron chi connectivity index (χ1n) is 7.45. The monoisotopic (exact) mass is 334 g/mol. The summed E-state index contributed by atoms with van der Waals surface area (Å²) in [5.41, 5.74) is -0.458. The molecule has 0 saturated heterocycles. The van der Waals surface area contributed by atoms with Gasteiger partial charge >= 0.3 is 5.97 Å². The molecule has 0 bridgehead atoms. The van der Waals surface area contributed by atoms with Gasteiger partial charge in [0.25, 0.3) is 0 Å². The van der Waals surface area contributed by atoms with Gasteiger partial charge in [0.15, 0.2) is 5.75 Å². The van der Waals surface area contributed by atoms with Crippen molar-refractivity contribution < 1.29 is 23.4 Å². The van der Waals surface area contributed by atoms with E-state index in [1.165, 1.54) is 6.20 Å². The van der Waals surface area contributed by atoms with E-state index in [9.17, 15) is 18.7 Å². The Bertz CT molecular complexity index is 812. The van der Waals surface area contributed by atoms with E-state index in [-0.39, 0.29) is 18.6 Å². The number of halogens is 2. The highest BCUT2D eigenvalue weighted by molar-refractivity contribution is 5.77. The maximum absolute atomic E-state index is 14.2. The van der Waals surface area contributed by atoms with Gasteiger partial charge in [-0.05, 0) is 38.5 Å². The van der Waals surface area contributed by atoms with Gasteiger partial charge in [-0.1, -0.05) is 0 Å². The molecule has 1 aliphatic rings. The Morgan fingerprint density at radius 1 is 1.42 bits per heavy atom. The zero-order chi connectivity index (χ0) is 17.5. The highest BCUT2D eigenvalue weighted by Crippen LogP contribution is 2.55. The summed E-state index contributed by atoms with van der Waals surface area (Å²) in [4.78, 5) is 19.6. The van der Waals surface area contributed by atoms with Crippen LogP contribution in [-0.2, 0) is 10.2 Å². The second-order valence-corrected chi connectivity index (χ2v) is 6.03. The van der Waals surface area contributed by atoms with Crippen molar-refractivity contribution in [3.8, 4) is 5.75 Å². The summed E-state index contributed by atoms with van der Waals surface area (Å²) in [6, 6.07) is 3.05. The molecule has 1 heterocycles. The van der Waals surface area contributed by atoms with Crippen molar-refractivity contribution in [2.75, 3.05) is 6.61 Å². The van der Waals surface area contributed by atoms with Gasteiger partial charge in [-0.25, -0.2) is 18.7 Å². The fourth-order valence-corrected chi connectivity index (χ4v) is 2.96. The SMILES string of the molecule is Cc1ncc(OCC2(c3cc(F)ccc3F)CC2C(=O)O)c(C)n1. The molecule has 3 rings (SSSR count). The third kappa shape index (κ3) is 2.81. The molecule has 1 aromatic heterocycles. The standard InChI is InChI=1S/C17H16F2N2O3/c1-9-15(7-20-10(2)21-9)24-8-17(6-13(17)16(22)23)12-5-11(18)3-4-14(12)19/h3-5,7,13H,6,8H2,1-2H3,(H,22,23). The predicted molar refractivity (Wildman–Crippen MR) is 80.8 cm³/mol. The number of aliphatic carboxylic acids is 1. The number of hydrogen-bond donors (Lipinski definition) is 1. The molecular weight excluding hydrogens is 318 g/mol. The lowest BCUT2D eigenvalue weighted by atomic mass is 9.93. The van der Waals surface area contributed by atoms with E-state index in [1.54, 1.807) is 13.8 Å². The van der Waals surface area contributed by atoms with Gasteiger partial charge in [-0.3, -0.25) is 4.79 Å². The van der Waals surface area contributed by atoms with Crippen LogP contribution in [0.25, 0.3) is 0 Å². The van der Waals surface area contributed by atoms with Gasteiger partial charge in [0, 0.05) is 11.0 Å². The van der Waals surface area contributed by atoms with Crippen molar-refractivity contribution in [1.29, 1.82) is 0 Å². The number of carbonyl (C=O) groups is 1. The number of aromatic nitrogens is 2. The van der Waals surface area contributed by atoms with Crippen LogP contribution in [0.15, 0.2) is 24.4 Å². The molecule has 0 aliphatic heterocycles. The van der Waals surface area contributed by atoms with Crippen LogP contribution in [0.3, 0.4) is 0 Å². The van der Waals surface area contributed by atoms with E-state index in [2.05, 4.69) is 9.97 Å². The zero-order valence-electron chi connectivity index (χ0n) is 13.2. The largest absolute Gasteiger partial charge is 0.489 e. The summed E-state index contributed by atoms with van der Waals surface area (Å²) < 4.78 is 33.4. The Hall–Kier alpha value is -2.57. The van der Waals surface area contributed by atoms with Crippen LogP contribution in [0.2, 0.25) is 0 Å². The topological polar surface area (TPSA) is 72.3 Å². The molecule has 1 aromatic carbocycles. The first-order chi connectivity index (χ1) is 11.3. The molecular formula is C17H16F2N2O3. The van der Waals surface area contributed by atoms with Gasteiger partial charge in [-0.15, -0.1) is 0 Å². The maximum Gasteiger partial charge on any atom is 0.307 e. The van der Waals surface area contributed by atoms with E-state index in [4.69, 9.17) is 4.74 Å². The lowest BCUT2D eigenvalue weighted by molar-refractivity contribution is -0.139. The van der Waals surface area contributed by atoms with Crippen molar-refractivity contribution >= 4 is 5.97 Å². The van der Waals surface area contributed by atoms with Crippen LogP contribution in [0.4, 0.5) is 8.78 Å². The van der Waals surface area contributed by atoms with Gasteiger partial charge in [-0.2, -0.15) is 0 Å². The van der Waals surface area contributed by atoms with Crippen LogP contribution in [-0.4, -0.2) is 27.7 Å². The molecule has 126 valence electrons. The fraction of sp³-hybridized carbons (Fsp3) is 0.353. The van der Waals surface area contributed by atoms with E-state index in [1.807, 2.05) is 0 Å². The van der Waals surface area contributed by atoms with Crippen LogP contribution < -0.4 is 4.74 Å². The molecule has 2 unspecified atom stereocenters. The van der Waals surface area contributed by atoms with E-state index >= 15 is 0 Å². The number of nitrogens with zero attached hydrogens (tertiary/aromatic N) is 2. The number of benzene rings is 1. The summed E-state index contributed by atoms with van der Waals surface area (Å²) in [6.07, 6.45) is 1.68. The average Bonchev–Trinajstić information content (AvgIpc) is 3.25. The van der Waals surface area contributed by atoms with Crippen LogP contribution in [0.1, 0.15) is 23.5 Å². The zero-order valence-corrected chi connectivity index (χ0v) is 13.2. The second kappa shape index (κ2) is 5.81. The minimum Gasteiger partial charge on any atom is -0.489 e. The van der Waals surface area contributed by atoms with Crippen LogP contribution in [0.5, 0.6) is 5.75 Å². The highest BCUT2D eigenvalue weighted by Gasteiger charge is 2.61. The van der Waals surface area contributed by atoms with Gasteiger partial charge in [0.1, 0.15) is 17.5 Å². The minimum absolute atomic E-state index is 0.0283. The molecule has 2 aromatic rings. The summed E-state index contributed by atoms with van der Waals surface area (Å²) in [6.45, 7) is 3.39. The Labute approximate surface area is 137 Å². The minimum atomic E-state index is -1.09. The summed E-state index contributed by atoms with van der Waals surface area (Å²) in [5, 5.41) is 9.30. The van der Waals surface area contributed by atoms with Gasteiger partial charge in [0.05, 0.1) is 24.4 Å². The molecule has 7 heteroatoms. The Kier molecular flexibility index (Phi) is 3.95. The maximum atomic E-state index is 14.2. The molecule has 0 radical (unpaired) electrons. The average molecular weight is 334 g/mol. The number of rotatable bonds is 5. The number of hydrogen-bond acceptors (Lipinski definition) is 4. The fourth-order valence-electron chi connectivity index (χ4n) is 2.96. The Morgan fingerprint density at radius 2 is 2.17 bits per heavy atom. The smallest absolute Gasteiger partial charge is 0.307 e. The Balaban J connectivity index is 1.91. The number of aryl methyl sites for hydroxylation is 2. The molecule has 0 spiro atoms. The van der Waals surface area contributed by atoms with Crippen LogP contribution >= 0.6 is 0 Å². The van der Waals surface area contributed by atoms with Crippen molar-refractivity contribution in [1.82, 2.24) is 9.97 Å². The summed E-state index contributed by atoms with van der Waals surface area (Å²) in [5.74, 6) is -2.15. The van der Waals surface area contributed by atoms with E-state index in [0.717, 1.165) is 18.2 Å². The first-order valence-corrected chi connectivity index (χ1v) is 7.45. The molecule has 5 nitrogen and oxygen atoms in total. The lowest BCUT2D eigenvalue weighted by Gasteiger charge is -2.19. The number of ether oxygens (including phenoxy) is 1. The molecule has 0 amide bonds. The van der Waals surface area contributed by atoms with Gasteiger partial charge in [0.2, 0.25) is 0 Å². The normalized spacial score (nSPS) is 22.2. The third-order valence-corrected chi connectivity index (χ3v) is 4.38. The number of carboxylic acids is 1. The summed E-state index contributed by atoms with van der Waals surface area (Å²) in [7, 11) is 0. The molecule has 1 aliphatic carbocycles. The van der Waals surface area contributed by atoms with Crippen molar-refractivity contribution in [2.45, 2.75) is 25.7 Å². The molecule has 24 heavy (non-hydrogen) atoms. The van der Waals surface area contributed by atoms with Crippen LogP contribution in [0, 0.1) is 31.4 Å². The van der Waals surface area contributed by atoms with Crippen molar-refractivity contribution in [2.24, 2.45) is 5.92 Å². The highest BCUT2D eigenvalue weighted by atomic mass is 19.1. The quantitative estimate of drug-likeness (QED) is 0.910. The number of carboxylic acid groups (broad SMARTS) is 1. The van der Waals surface area contributed by atoms with Crippen molar-refractivity contribution in [3.05, 3.63) is 53.1 Å². The Morgan fingerprint density at radius 3 is 2.79 bits per heavy atom. The second-order valence-electron chi connectivity index (χ2n) is 6.03. The first kappa shape index (κ1) is 16.3.